The second-order valence-corrected chi connectivity index (χ2v) is 8.77. The lowest BCUT2D eigenvalue weighted by Gasteiger charge is -2.38. The zero-order valence-electron chi connectivity index (χ0n) is 16.4. The van der Waals surface area contributed by atoms with Crippen LogP contribution in [0.15, 0.2) is 60.7 Å². The Morgan fingerprint density at radius 1 is 0.926 bits per heavy atom. The van der Waals surface area contributed by atoms with Gasteiger partial charge in [-0.2, -0.15) is 0 Å². The van der Waals surface area contributed by atoms with E-state index in [1.54, 1.807) is 0 Å². The maximum Gasteiger partial charge on any atom is 0.168 e. The number of fused-ring (bicyclic) bond motifs is 1. The van der Waals surface area contributed by atoms with Crippen LogP contribution in [0, 0.1) is 0 Å². The third-order valence-corrected chi connectivity index (χ3v) is 6.19. The zero-order chi connectivity index (χ0) is 18.9. The molecule has 2 nitrogen and oxygen atoms in total. The predicted molar refractivity (Wildman–Crippen MR) is 112 cm³/mol. The highest BCUT2D eigenvalue weighted by Gasteiger charge is 2.40. The van der Waals surface area contributed by atoms with Gasteiger partial charge >= 0.3 is 0 Å². The molecule has 1 fully saturated rings. The van der Waals surface area contributed by atoms with Crippen molar-refractivity contribution in [1.29, 1.82) is 0 Å². The molecule has 27 heavy (non-hydrogen) atoms. The molecule has 0 saturated heterocycles. The maximum absolute atomic E-state index is 13.7. The van der Waals surface area contributed by atoms with E-state index in [-0.39, 0.29) is 16.7 Å². The number of hydrogen-bond donors (Lipinski definition) is 1. The molecule has 140 valence electrons. The topological polar surface area (TPSA) is 29.1 Å². The number of benzene rings is 2. The van der Waals surface area contributed by atoms with Crippen molar-refractivity contribution in [3.05, 3.63) is 77.4 Å². The van der Waals surface area contributed by atoms with Gasteiger partial charge in [0.15, 0.2) is 5.78 Å². The second-order valence-electron chi connectivity index (χ2n) is 8.77. The van der Waals surface area contributed by atoms with E-state index in [9.17, 15) is 4.79 Å². The number of carbonyl (C=O) groups excluding carboxylic acids is 1. The summed E-state index contributed by atoms with van der Waals surface area (Å²) in [5.41, 5.74) is 4.22. The summed E-state index contributed by atoms with van der Waals surface area (Å²) >= 11 is 0. The van der Waals surface area contributed by atoms with Gasteiger partial charge in [-0.1, -0.05) is 73.9 Å². The van der Waals surface area contributed by atoms with Crippen molar-refractivity contribution < 1.29 is 4.79 Å². The Labute approximate surface area is 162 Å². The van der Waals surface area contributed by atoms with Gasteiger partial charge < -0.3 is 5.32 Å². The van der Waals surface area contributed by atoms with Crippen LogP contribution in [-0.4, -0.2) is 11.3 Å². The second kappa shape index (κ2) is 6.99. The van der Waals surface area contributed by atoms with Gasteiger partial charge in [-0.15, -0.1) is 0 Å². The molecule has 0 atom stereocenters. The van der Waals surface area contributed by atoms with Crippen molar-refractivity contribution in [1.82, 2.24) is 5.32 Å². The standard InChI is InChI=1S/C25H29NO/c1-24(2)18-19-11-7-8-14-21(19)22(26-24)17-23(27)25(15-9-4-10-16-25)20-12-5-3-6-13-20/h3,5-8,11-14,17,26H,4,9-10,15-16,18H2,1-2H3/b22-17-. The monoisotopic (exact) mass is 359 g/mol. The first-order valence-electron chi connectivity index (χ1n) is 10.2. The molecule has 0 unspecified atom stereocenters. The van der Waals surface area contributed by atoms with Gasteiger partial charge in [-0.3, -0.25) is 4.79 Å². The summed E-state index contributed by atoms with van der Waals surface area (Å²) in [5.74, 6) is 0.253. The average molecular weight is 360 g/mol. The number of ketones is 1. The number of hydrogen-bond acceptors (Lipinski definition) is 2. The lowest BCUT2D eigenvalue weighted by Crippen LogP contribution is -2.44. The van der Waals surface area contributed by atoms with E-state index >= 15 is 0 Å². The van der Waals surface area contributed by atoms with Crippen LogP contribution in [0.2, 0.25) is 0 Å². The van der Waals surface area contributed by atoms with Crippen LogP contribution in [0.3, 0.4) is 0 Å². The van der Waals surface area contributed by atoms with E-state index in [2.05, 4.69) is 67.7 Å². The number of rotatable bonds is 3. The molecule has 2 heteroatoms. The highest BCUT2D eigenvalue weighted by molar-refractivity contribution is 6.04. The molecule has 0 radical (unpaired) electrons. The van der Waals surface area contributed by atoms with E-state index < -0.39 is 0 Å². The molecule has 2 aromatic rings. The molecule has 0 bridgehead atoms. The number of allylic oxidation sites excluding steroid dienone is 1. The fourth-order valence-electron chi connectivity index (χ4n) is 4.86. The fraction of sp³-hybridized carbons (Fsp3) is 0.400. The minimum Gasteiger partial charge on any atom is -0.379 e. The van der Waals surface area contributed by atoms with Crippen LogP contribution in [0.4, 0.5) is 0 Å². The van der Waals surface area contributed by atoms with E-state index in [0.717, 1.165) is 37.8 Å². The highest BCUT2D eigenvalue weighted by Crippen LogP contribution is 2.41. The van der Waals surface area contributed by atoms with Crippen LogP contribution in [0.25, 0.3) is 5.70 Å². The van der Waals surface area contributed by atoms with Gasteiger partial charge in [0.25, 0.3) is 0 Å². The Balaban J connectivity index is 1.77. The summed E-state index contributed by atoms with van der Waals surface area (Å²) in [6.45, 7) is 4.41. The molecule has 2 aliphatic rings. The van der Waals surface area contributed by atoms with Gasteiger partial charge in [0, 0.05) is 22.9 Å². The molecule has 0 amide bonds. The van der Waals surface area contributed by atoms with Gasteiger partial charge in [-0.05, 0) is 44.2 Å². The smallest absolute Gasteiger partial charge is 0.168 e. The van der Waals surface area contributed by atoms with Gasteiger partial charge in [0.05, 0.1) is 5.41 Å². The lowest BCUT2D eigenvalue weighted by molar-refractivity contribution is -0.121. The quantitative estimate of drug-likeness (QED) is 0.741. The summed E-state index contributed by atoms with van der Waals surface area (Å²) in [6.07, 6.45) is 8.25. The minimum absolute atomic E-state index is 0.0487. The van der Waals surface area contributed by atoms with E-state index in [1.165, 1.54) is 23.1 Å². The Morgan fingerprint density at radius 2 is 1.59 bits per heavy atom. The molecular weight excluding hydrogens is 330 g/mol. The van der Waals surface area contributed by atoms with Crippen molar-refractivity contribution in [2.45, 2.75) is 63.3 Å². The van der Waals surface area contributed by atoms with E-state index in [0.29, 0.717) is 0 Å². The molecule has 4 rings (SSSR count). The Hall–Kier alpha value is -2.35. The van der Waals surface area contributed by atoms with Crippen LogP contribution in [0.1, 0.15) is 62.6 Å². The van der Waals surface area contributed by atoms with Crippen molar-refractivity contribution in [2.75, 3.05) is 0 Å². The predicted octanol–water partition coefficient (Wildman–Crippen LogP) is 5.42. The summed E-state index contributed by atoms with van der Waals surface area (Å²) < 4.78 is 0. The van der Waals surface area contributed by atoms with E-state index in [1.807, 2.05) is 12.1 Å². The molecule has 0 aromatic heterocycles. The van der Waals surface area contributed by atoms with Crippen molar-refractivity contribution in [3.63, 3.8) is 0 Å². The largest absolute Gasteiger partial charge is 0.379 e. The third kappa shape index (κ3) is 3.45. The normalized spacial score (nSPS) is 21.9. The van der Waals surface area contributed by atoms with Crippen molar-refractivity contribution in [3.8, 4) is 0 Å². The zero-order valence-corrected chi connectivity index (χ0v) is 16.4. The number of carbonyl (C=O) groups is 1. The first-order valence-corrected chi connectivity index (χ1v) is 10.2. The molecule has 1 aliphatic carbocycles. The first kappa shape index (κ1) is 18.0. The molecule has 1 N–H and O–H groups in total. The minimum atomic E-state index is -0.370. The van der Waals surface area contributed by atoms with E-state index in [4.69, 9.17) is 0 Å². The molecule has 2 aromatic carbocycles. The van der Waals surface area contributed by atoms with Gasteiger partial charge in [0.2, 0.25) is 0 Å². The number of nitrogens with one attached hydrogen (secondary N) is 1. The fourth-order valence-corrected chi connectivity index (χ4v) is 4.86. The van der Waals surface area contributed by atoms with Crippen molar-refractivity contribution >= 4 is 11.5 Å². The summed E-state index contributed by atoms with van der Waals surface area (Å²) in [7, 11) is 0. The van der Waals surface area contributed by atoms with Crippen LogP contribution in [0.5, 0.6) is 0 Å². The SMILES string of the molecule is CC1(C)Cc2ccccc2/C(=C/C(=O)C2(c3ccccc3)CCCCC2)N1. The Morgan fingerprint density at radius 3 is 2.33 bits per heavy atom. The van der Waals surface area contributed by atoms with Crippen LogP contribution < -0.4 is 5.32 Å². The lowest BCUT2D eigenvalue weighted by atomic mass is 9.66. The Bertz CT molecular complexity index is 857. The summed E-state index contributed by atoms with van der Waals surface area (Å²) in [6, 6.07) is 18.9. The summed E-state index contributed by atoms with van der Waals surface area (Å²) in [5, 5.41) is 3.63. The highest BCUT2D eigenvalue weighted by atomic mass is 16.1. The third-order valence-electron chi connectivity index (χ3n) is 6.19. The average Bonchev–Trinajstić information content (AvgIpc) is 2.68. The maximum atomic E-state index is 13.7. The Kier molecular flexibility index (Phi) is 4.67. The molecule has 1 aliphatic heterocycles. The van der Waals surface area contributed by atoms with Crippen LogP contribution >= 0.6 is 0 Å². The molecular formula is C25H29NO. The summed E-state index contributed by atoms with van der Waals surface area (Å²) in [4.78, 5) is 13.7. The van der Waals surface area contributed by atoms with Gasteiger partial charge in [-0.25, -0.2) is 0 Å². The van der Waals surface area contributed by atoms with Gasteiger partial charge in [0.1, 0.15) is 0 Å². The van der Waals surface area contributed by atoms with Crippen LogP contribution in [-0.2, 0) is 16.6 Å². The first-order chi connectivity index (χ1) is 13.0. The molecule has 0 spiro atoms. The molecule has 1 saturated carbocycles. The molecule has 1 heterocycles. The van der Waals surface area contributed by atoms with Crippen molar-refractivity contribution in [2.24, 2.45) is 0 Å².